The van der Waals surface area contributed by atoms with E-state index < -0.39 is 12.7 Å². The van der Waals surface area contributed by atoms with E-state index in [-0.39, 0.29) is 18.3 Å². The number of rotatable bonds is 3. The van der Waals surface area contributed by atoms with Gasteiger partial charge in [0.2, 0.25) is 0 Å². The third-order valence-corrected chi connectivity index (χ3v) is 1.54. The van der Waals surface area contributed by atoms with Crippen LogP contribution in [0, 0.1) is 0 Å². The number of aromatic hydroxyl groups is 2. The van der Waals surface area contributed by atoms with Gasteiger partial charge in [-0.2, -0.15) is 0 Å². The maximum Gasteiger partial charge on any atom is 0.193 e. The van der Waals surface area contributed by atoms with Gasteiger partial charge >= 0.3 is 0 Å². The second kappa shape index (κ2) is 3.46. The minimum absolute atomic E-state index is 0.0266. The van der Waals surface area contributed by atoms with Crippen molar-refractivity contribution in [1.82, 2.24) is 4.57 Å². The number of hydrogen-bond donors (Lipinski definition) is 4. The molecule has 4 N–H and O–H groups in total. The first-order chi connectivity index (χ1) is 5.65. The number of hydrogen-bond acceptors (Lipinski definition) is 4. The van der Waals surface area contributed by atoms with E-state index >= 15 is 0 Å². The van der Waals surface area contributed by atoms with Crippen LogP contribution < -0.4 is 0 Å². The molecule has 1 rings (SSSR count). The minimum atomic E-state index is -0.978. The Balaban J connectivity index is 2.73. The molecule has 0 aliphatic heterocycles. The smallest absolute Gasteiger partial charge is 0.193 e. The van der Waals surface area contributed by atoms with Crippen LogP contribution in [0.4, 0.5) is 0 Å². The monoisotopic (exact) mass is 173 g/mol. The van der Waals surface area contributed by atoms with E-state index in [1.807, 2.05) is 0 Å². The Morgan fingerprint density at radius 2 is 1.75 bits per heavy atom. The van der Waals surface area contributed by atoms with Crippen molar-refractivity contribution in [2.45, 2.75) is 12.6 Å². The third kappa shape index (κ3) is 1.69. The van der Waals surface area contributed by atoms with Gasteiger partial charge in [0.05, 0.1) is 19.3 Å². The molecule has 1 aromatic rings. The first kappa shape index (κ1) is 8.89. The van der Waals surface area contributed by atoms with Gasteiger partial charge in [-0.3, -0.25) is 4.57 Å². The summed E-state index contributed by atoms with van der Waals surface area (Å²) in [7, 11) is 0. The summed E-state index contributed by atoms with van der Waals surface area (Å²) in [4.78, 5) is 0. The standard InChI is InChI=1S/C7H11NO4/c9-4-5(10)3-8-6(11)1-2-7(8)12/h1-2,5,9-12H,3-4H2. The topological polar surface area (TPSA) is 85.9 Å². The number of aliphatic hydroxyl groups is 2. The van der Waals surface area contributed by atoms with E-state index in [0.29, 0.717) is 0 Å². The maximum absolute atomic E-state index is 9.09. The Morgan fingerprint density at radius 1 is 1.25 bits per heavy atom. The van der Waals surface area contributed by atoms with Gasteiger partial charge in [-0.1, -0.05) is 0 Å². The molecule has 12 heavy (non-hydrogen) atoms. The highest BCUT2D eigenvalue weighted by molar-refractivity contribution is 5.23. The van der Waals surface area contributed by atoms with Crippen LogP contribution in [0.3, 0.4) is 0 Å². The van der Waals surface area contributed by atoms with Crippen LogP contribution >= 0.6 is 0 Å². The highest BCUT2D eigenvalue weighted by atomic mass is 16.3. The van der Waals surface area contributed by atoms with Crippen molar-refractivity contribution in [2.75, 3.05) is 6.61 Å². The molecule has 0 aliphatic rings. The van der Waals surface area contributed by atoms with Crippen molar-refractivity contribution in [3.63, 3.8) is 0 Å². The second-order valence-electron chi connectivity index (χ2n) is 2.50. The molecule has 0 saturated heterocycles. The van der Waals surface area contributed by atoms with Crippen molar-refractivity contribution in [1.29, 1.82) is 0 Å². The first-order valence-electron chi connectivity index (χ1n) is 3.51. The van der Waals surface area contributed by atoms with Gasteiger partial charge in [0, 0.05) is 12.1 Å². The molecule has 0 aliphatic carbocycles. The minimum Gasteiger partial charge on any atom is -0.494 e. The van der Waals surface area contributed by atoms with Gasteiger partial charge in [0.25, 0.3) is 0 Å². The number of nitrogens with zero attached hydrogens (tertiary/aromatic N) is 1. The van der Waals surface area contributed by atoms with Crippen LogP contribution in [0.1, 0.15) is 0 Å². The normalized spacial score (nSPS) is 13.2. The summed E-state index contributed by atoms with van der Waals surface area (Å²) in [6.45, 7) is -0.432. The average Bonchev–Trinajstić information content (AvgIpc) is 2.35. The lowest BCUT2D eigenvalue weighted by atomic mass is 10.4. The average molecular weight is 173 g/mol. The Hall–Kier alpha value is -1.20. The molecule has 0 saturated carbocycles. The van der Waals surface area contributed by atoms with Crippen LogP contribution in [0.15, 0.2) is 12.1 Å². The lowest BCUT2D eigenvalue weighted by molar-refractivity contribution is 0.0774. The zero-order chi connectivity index (χ0) is 9.14. The predicted molar refractivity (Wildman–Crippen MR) is 40.9 cm³/mol. The van der Waals surface area contributed by atoms with Crippen LogP contribution in [0.5, 0.6) is 11.8 Å². The fourth-order valence-electron chi connectivity index (χ4n) is 0.902. The SMILES string of the molecule is OCC(O)Cn1c(O)ccc1O. The number of aromatic nitrogens is 1. The van der Waals surface area contributed by atoms with Crippen LogP contribution in [0.25, 0.3) is 0 Å². The molecule has 5 nitrogen and oxygen atoms in total. The summed E-state index contributed by atoms with van der Waals surface area (Å²) in [5, 5.41) is 35.6. The molecule has 1 unspecified atom stereocenters. The molecular formula is C7H11NO4. The van der Waals surface area contributed by atoms with E-state index in [1.54, 1.807) is 0 Å². The molecular weight excluding hydrogens is 162 g/mol. The molecule has 0 spiro atoms. The Labute approximate surface area is 69.1 Å². The van der Waals surface area contributed by atoms with E-state index in [1.165, 1.54) is 12.1 Å². The van der Waals surface area contributed by atoms with Crippen molar-refractivity contribution < 1.29 is 20.4 Å². The highest BCUT2D eigenvalue weighted by Crippen LogP contribution is 2.20. The van der Waals surface area contributed by atoms with Gasteiger partial charge in [-0.15, -0.1) is 0 Å². The third-order valence-electron chi connectivity index (χ3n) is 1.54. The molecule has 0 bridgehead atoms. The summed E-state index contributed by atoms with van der Waals surface area (Å²) >= 11 is 0. The second-order valence-corrected chi connectivity index (χ2v) is 2.50. The van der Waals surface area contributed by atoms with Crippen LogP contribution in [-0.4, -0.2) is 37.7 Å². The summed E-state index contributed by atoms with van der Waals surface area (Å²) in [6, 6.07) is 2.61. The summed E-state index contributed by atoms with van der Waals surface area (Å²) in [5.41, 5.74) is 0. The van der Waals surface area contributed by atoms with Gasteiger partial charge in [0.15, 0.2) is 11.8 Å². The molecule has 68 valence electrons. The largest absolute Gasteiger partial charge is 0.494 e. The fourth-order valence-corrected chi connectivity index (χ4v) is 0.902. The molecule has 1 aromatic heterocycles. The maximum atomic E-state index is 9.09. The van der Waals surface area contributed by atoms with Gasteiger partial charge < -0.3 is 20.4 Å². The molecule has 0 radical (unpaired) electrons. The molecule has 5 heteroatoms. The van der Waals surface area contributed by atoms with E-state index in [4.69, 9.17) is 20.4 Å². The van der Waals surface area contributed by atoms with E-state index in [2.05, 4.69) is 0 Å². The molecule has 1 atom stereocenters. The fraction of sp³-hybridized carbons (Fsp3) is 0.429. The molecule has 0 aromatic carbocycles. The van der Waals surface area contributed by atoms with Crippen LogP contribution in [-0.2, 0) is 6.54 Å². The lowest BCUT2D eigenvalue weighted by Gasteiger charge is -2.10. The molecule has 0 amide bonds. The molecule has 0 fully saturated rings. The molecule has 1 heterocycles. The summed E-state index contributed by atoms with van der Waals surface area (Å²) in [5.74, 6) is -0.278. The summed E-state index contributed by atoms with van der Waals surface area (Å²) in [6.07, 6.45) is -0.978. The van der Waals surface area contributed by atoms with Crippen molar-refractivity contribution in [2.24, 2.45) is 0 Å². The van der Waals surface area contributed by atoms with Crippen molar-refractivity contribution >= 4 is 0 Å². The van der Waals surface area contributed by atoms with Crippen molar-refractivity contribution in [3.8, 4) is 11.8 Å². The zero-order valence-corrected chi connectivity index (χ0v) is 6.38. The summed E-state index contributed by atoms with van der Waals surface area (Å²) < 4.78 is 1.10. The van der Waals surface area contributed by atoms with Gasteiger partial charge in [-0.05, 0) is 0 Å². The first-order valence-corrected chi connectivity index (χ1v) is 3.51. The quantitative estimate of drug-likeness (QED) is 0.484. The Morgan fingerprint density at radius 3 is 2.17 bits per heavy atom. The zero-order valence-electron chi connectivity index (χ0n) is 6.38. The predicted octanol–water partition coefficient (Wildman–Crippen LogP) is -0.748. The highest BCUT2D eigenvalue weighted by Gasteiger charge is 2.09. The lowest BCUT2D eigenvalue weighted by Crippen LogP contribution is -2.19. The van der Waals surface area contributed by atoms with E-state index in [0.717, 1.165) is 4.57 Å². The number of aliphatic hydroxyl groups excluding tert-OH is 2. The van der Waals surface area contributed by atoms with Crippen molar-refractivity contribution in [3.05, 3.63) is 12.1 Å². The Kier molecular flexibility index (Phi) is 2.57. The van der Waals surface area contributed by atoms with Crippen LogP contribution in [0.2, 0.25) is 0 Å². The van der Waals surface area contributed by atoms with Gasteiger partial charge in [0.1, 0.15) is 0 Å². The van der Waals surface area contributed by atoms with Gasteiger partial charge in [-0.25, -0.2) is 0 Å². The Bertz CT molecular complexity index is 238. The van der Waals surface area contributed by atoms with E-state index in [9.17, 15) is 0 Å².